The summed E-state index contributed by atoms with van der Waals surface area (Å²) in [5.74, 6) is 0.897. The maximum Gasteiger partial charge on any atom is 0.120 e. The van der Waals surface area contributed by atoms with Crippen LogP contribution in [0.5, 0.6) is 5.75 Å². The lowest BCUT2D eigenvalue weighted by molar-refractivity contribution is 0.306. The molecule has 0 amide bonds. The first kappa shape index (κ1) is 15.5. The second-order valence-corrected chi connectivity index (χ2v) is 6.32. The highest BCUT2D eigenvalue weighted by atomic mass is 16.5. The van der Waals surface area contributed by atoms with Crippen LogP contribution < -0.4 is 4.74 Å². The zero-order chi connectivity index (χ0) is 17.1. The van der Waals surface area contributed by atoms with Crippen molar-refractivity contribution < 1.29 is 4.74 Å². The third-order valence-corrected chi connectivity index (χ3v) is 4.49. The minimum Gasteiger partial charge on any atom is -0.489 e. The van der Waals surface area contributed by atoms with Gasteiger partial charge in [-0.3, -0.25) is 0 Å². The van der Waals surface area contributed by atoms with E-state index < -0.39 is 0 Å². The number of ether oxygens (including phenoxy) is 1. The summed E-state index contributed by atoms with van der Waals surface area (Å²) in [7, 11) is 0. The largest absolute Gasteiger partial charge is 0.489 e. The molecule has 0 aliphatic rings. The van der Waals surface area contributed by atoms with Crippen molar-refractivity contribution in [2.45, 2.75) is 13.5 Å². The Morgan fingerprint density at radius 2 is 1.40 bits per heavy atom. The van der Waals surface area contributed by atoms with Gasteiger partial charge in [-0.25, -0.2) is 0 Å². The quantitative estimate of drug-likeness (QED) is 0.422. The molecule has 25 heavy (non-hydrogen) atoms. The van der Waals surface area contributed by atoms with E-state index in [4.69, 9.17) is 4.74 Å². The fourth-order valence-electron chi connectivity index (χ4n) is 3.16. The topological polar surface area (TPSA) is 9.23 Å². The Hall–Kier alpha value is -3.06. The van der Waals surface area contributed by atoms with Gasteiger partial charge in [-0.2, -0.15) is 0 Å². The van der Waals surface area contributed by atoms with Gasteiger partial charge in [-0.1, -0.05) is 72.8 Å². The third-order valence-electron chi connectivity index (χ3n) is 4.49. The molecule has 1 heteroatoms. The average molecular weight is 324 g/mol. The molecule has 0 aliphatic carbocycles. The zero-order valence-electron chi connectivity index (χ0n) is 14.3. The van der Waals surface area contributed by atoms with Gasteiger partial charge in [0.05, 0.1) is 0 Å². The van der Waals surface area contributed by atoms with Crippen LogP contribution in [-0.4, -0.2) is 0 Å². The Balaban J connectivity index is 1.64. The normalized spacial score (nSPS) is 10.8. The second kappa shape index (κ2) is 6.82. The van der Waals surface area contributed by atoms with Crippen molar-refractivity contribution in [3.63, 3.8) is 0 Å². The minimum absolute atomic E-state index is 0.584. The number of rotatable bonds is 4. The summed E-state index contributed by atoms with van der Waals surface area (Å²) in [4.78, 5) is 0. The Labute approximate surface area is 148 Å². The van der Waals surface area contributed by atoms with E-state index in [0.29, 0.717) is 6.61 Å². The first-order valence-corrected chi connectivity index (χ1v) is 8.56. The van der Waals surface area contributed by atoms with E-state index in [1.807, 2.05) is 24.3 Å². The first-order chi connectivity index (χ1) is 12.3. The highest BCUT2D eigenvalue weighted by Gasteiger charge is 2.06. The van der Waals surface area contributed by atoms with E-state index in [-0.39, 0.29) is 0 Å². The Morgan fingerprint density at radius 3 is 2.20 bits per heavy atom. The average Bonchev–Trinajstić information content (AvgIpc) is 2.67. The van der Waals surface area contributed by atoms with Crippen LogP contribution in [0.3, 0.4) is 0 Å². The van der Waals surface area contributed by atoms with Crippen LogP contribution >= 0.6 is 0 Å². The van der Waals surface area contributed by atoms with Crippen molar-refractivity contribution in [1.82, 2.24) is 0 Å². The summed E-state index contributed by atoms with van der Waals surface area (Å²) < 4.78 is 5.98. The van der Waals surface area contributed by atoms with E-state index in [1.165, 1.54) is 33.0 Å². The van der Waals surface area contributed by atoms with Crippen molar-refractivity contribution in [1.29, 1.82) is 0 Å². The van der Waals surface area contributed by atoms with Crippen LogP contribution in [0.1, 0.15) is 11.1 Å². The molecule has 0 fully saturated rings. The van der Waals surface area contributed by atoms with Gasteiger partial charge < -0.3 is 4.74 Å². The molecule has 0 bridgehead atoms. The summed E-state index contributed by atoms with van der Waals surface area (Å²) in [5, 5.41) is 2.54. The van der Waals surface area contributed by atoms with E-state index in [9.17, 15) is 0 Å². The van der Waals surface area contributed by atoms with Crippen molar-refractivity contribution >= 4 is 10.8 Å². The second-order valence-electron chi connectivity index (χ2n) is 6.32. The molecule has 4 rings (SSSR count). The van der Waals surface area contributed by atoms with Crippen molar-refractivity contribution in [3.8, 4) is 16.9 Å². The Bertz CT molecular complexity index is 1000. The third kappa shape index (κ3) is 3.41. The smallest absolute Gasteiger partial charge is 0.120 e. The molecule has 4 aromatic rings. The van der Waals surface area contributed by atoms with Crippen molar-refractivity contribution in [2.24, 2.45) is 0 Å². The molecule has 0 unspecified atom stereocenters. The molecule has 0 N–H and O–H groups in total. The lowest BCUT2D eigenvalue weighted by Gasteiger charge is -2.11. The van der Waals surface area contributed by atoms with Crippen LogP contribution in [0.4, 0.5) is 0 Å². The van der Waals surface area contributed by atoms with E-state index in [1.54, 1.807) is 0 Å². The number of aryl methyl sites for hydroxylation is 1. The fourth-order valence-corrected chi connectivity index (χ4v) is 3.16. The summed E-state index contributed by atoms with van der Waals surface area (Å²) in [5.41, 5.74) is 4.89. The van der Waals surface area contributed by atoms with Crippen LogP contribution in [0, 0.1) is 6.92 Å². The van der Waals surface area contributed by atoms with Gasteiger partial charge in [0, 0.05) is 0 Å². The van der Waals surface area contributed by atoms with Gasteiger partial charge in [0.2, 0.25) is 0 Å². The molecular weight excluding hydrogens is 304 g/mol. The first-order valence-electron chi connectivity index (χ1n) is 8.56. The van der Waals surface area contributed by atoms with Gasteiger partial charge >= 0.3 is 0 Å². The van der Waals surface area contributed by atoms with Gasteiger partial charge in [-0.15, -0.1) is 0 Å². The summed E-state index contributed by atoms with van der Waals surface area (Å²) >= 11 is 0. The minimum atomic E-state index is 0.584. The molecule has 0 spiro atoms. The molecule has 0 aromatic heterocycles. The number of fused-ring (bicyclic) bond motifs is 1. The number of benzene rings is 4. The zero-order valence-corrected chi connectivity index (χ0v) is 14.3. The van der Waals surface area contributed by atoms with Gasteiger partial charge in [-0.05, 0) is 58.1 Å². The molecule has 0 saturated heterocycles. The summed E-state index contributed by atoms with van der Waals surface area (Å²) in [6.07, 6.45) is 0. The lowest BCUT2D eigenvalue weighted by atomic mass is 9.96. The van der Waals surface area contributed by atoms with Crippen molar-refractivity contribution in [3.05, 3.63) is 102 Å². The van der Waals surface area contributed by atoms with Crippen LogP contribution in [0.2, 0.25) is 0 Å². The molecule has 4 aromatic carbocycles. The number of hydrogen-bond donors (Lipinski definition) is 0. The molecule has 0 atom stereocenters. The molecule has 0 radical (unpaired) electrons. The molecule has 122 valence electrons. The van der Waals surface area contributed by atoms with E-state index >= 15 is 0 Å². The SMILES string of the molecule is Cc1cc2ccccc2cc1-c1cccc(OCc2ccccc2)c1. The molecule has 0 aliphatic heterocycles. The Morgan fingerprint density at radius 1 is 0.680 bits per heavy atom. The van der Waals surface area contributed by atoms with Crippen molar-refractivity contribution in [2.75, 3.05) is 0 Å². The fraction of sp³-hybridized carbons (Fsp3) is 0.0833. The van der Waals surface area contributed by atoms with E-state index in [2.05, 4.69) is 73.7 Å². The predicted molar refractivity (Wildman–Crippen MR) is 105 cm³/mol. The van der Waals surface area contributed by atoms with E-state index in [0.717, 1.165) is 5.75 Å². The van der Waals surface area contributed by atoms with Crippen LogP contribution in [0.15, 0.2) is 91.0 Å². The van der Waals surface area contributed by atoms with Gasteiger partial charge in [0.1, 0.15) is 12.4 Å². The summed E-state index contributed by atoms with van der Waals surface area (Å²) in [6, 6.07) is 31.6. The van der Waals surface area contributed by atoms with Gasteiger partial charge in [0.25, 0.3) is 0 Å². The molecule has 1 nitrogen and oxygen atoms in total. The Kier molecular flexibility index (Phi) is 4.22. The standard InChI is InChI=1S/C24H20O/c1-18-14-20-10-5-6-11-21(20)16-24(18)22-12-7-13-23(15-22)25-17-19-8-3-2-4-9-19/h2-16H,17H2,1H3. The highest BCUT2D eigenvalue weighted by molar-refractivity contribution is 5.89. The lowest BCUT2D eigenvalue weighted by Crippen LogP contribution is -1.95. The molecular formula is C24H20O. The monoisotopic (exact) mass is 324 g/mol. The molecule has 0 heterocycles. The summed E-state index contributed by atoms with van der Waals surface area (Å²) in [6.45, 7) is 2.75. The highest BCUT2D eigenvalue weighted by Crippen LogP contribution is 2.30. The number of hydrogen-bond acceptors (Lipinski definition) is 1. The maximum absolute atomic E-state index is 5.98. The van der Waals surface area contributed by atoms with Crippen LogP contribution in [0.25, 0.3) is 21.9 Å². The molecule has 0 saturated carbocycles. The van der Waals surface area contributed by atoms with Crippen LogP contribution in [-0.2, 0) is 6.61 Å². The van der Waals surface area contributed by atoms with Gasteiger partial charge in [0.15, 0.2) is 0 Å². The predicted octanol–water partition coefficient (Wildman–Crippen LogP) is 6.39. The maximum atomic E-state index is 5.98.